The summed E-state index contributed by atoms with van der Waals surface area (Å²) >= 11 is 6.40. The molecular formula is C17H10ClN3O3S. The molecule has 2 aromatic carbocycles. The summed E-state index contributed by atoms with van der Waals surface area (Å²) in [4.78, 5) is 11.9. The van der Waals surface area contributed by atoms with Gasteiger partial charge < -0.3 is 9.47 Å². The van der Waals surface area contributed by atoms with Crippen molar-refractivity contribution in [2.45, 2.75) is 6.10 Å². The zero-order chi connectivity index (χ0) is 17.6. The van der Waals surface area contributed by atoms with Crippen LogP contribution in [0.2, 0.25) is 5.15 Å². The van der Waals surface area contributed by atoms with E-state index in [-0.39, 0.29) is 11.0 Å². The minimum absolute atomic E-state index is 0.243. The van der Waals surface area contributed by atoms with E-state index < -0.39 is 11.5 Å². The van der Waals surface area contributed by atoms with Gasteiger partial charge in [-0.15, -0.1) is 4.37 Å². The summed E-state index contributed by atoms with van der Waals surface area (Å²) in [5.41, 5.74) is -0.132. The number of nitrogens with zero attached hydrogens (tertiary/aromatic N) is 3. The van der Waals surface area contributed by atoms with Crippen molar-refractivity contribution in [1.82, 2.24) is 8.75 Å². The van der Waals surface area contributed by atoms with Crippen LogP contribution in [0, 0.1) is 11.3 Å². The molecule has 25 heavy (non-hydrogen) atoms. The van der Waals surface area contributed by atoms with Crippen LogP contribution in [0.1, 0.15) is 11.7 Å². The van der Waals surface area contributed by atoms with Crippen LogP contribution in [0.25, 0.3) is 0 Å². The lowest BCUT2D eigenvalue weighted by molar-refractivity contribution is 0.250. The van der Waals surface area contributed by atoms with Crippen molar-refractivity contribution in [3.8, 4) is 23.4 Å². The number of para-hydroxylation sites is 1. The van der Waals surface area contributed by atoms with Crippen LogP contribution in [0.15, 0.2) is 59.4 Å². The molecule has 124 valence electrons. The quantitative estimate of drug-likeness (QED) is 0.674. The smallest absolute Gasteiger partial charge is 0.279 e. The van der Waals surface area contributed by atoms with Gasteiger partial charge in [0.25, 0.3) is 11.3 Å². The van der Waals surface area contributed by atoms with E-state index in [4.69, 9.17) is 21.1 Å². The first-order chi connectivity index (χ1) is 12.2. The van der Waals surface area contributed by atoms with Crippen molar-refractivity contribution in [2.24, 2.45) is 0 Å². The molecule has 0 saturated heterocycles. The molecule has 6 nitrogen and oxygen atoms in total. The first kappa shape index (κ1) is 16.9. The molecule has 1 unspecified atom stereocenters. The van der Waals surface area contributed by atoms with Crippen LogP contribution < -0.4 is 14.9 Å². The van der Waals surface area contributed by atoms with Crippen LogP contribution in [0.4, 0.5) is 0 Å². The van der Waals surface area contributed by atoms with E-state index >= 15 is 0 Å². The van der Waals surface area contributed by atoms with Gasteiger partial charge in [-0.1, -0.05) is 41.9 Å². The number of halogens is 1. The van der Waals surface area contributed by atoms with E-state index in [9.17, 15) is 10.1 Å². The van der Waals surface area contributed by atoms with Gasteiger partial charge in [0, 0.05) is 5.56 Å². The lowest BCUT2D eigenvalue weighted by atomic mass is 10.1. The van der Waals surface area contributed by atoms with Crippen LogP contribution in [-0.4, -0.2) is 8.75 Å². The van der Waals surface area contributed by atoms with Gasteiger partial charge >= 0.3 is 0 Å². The standard InChI is InChI=1S/C17H10ClN3O3S/c18-16-15(22)17(21-25-20-16)24-14(10-19)11-5-4-8-13(9-11)23-12-6-2-1-3-7-12/h1-9,14H. The number of ether oxygens (including phenoxy) is 2. The zero-order valence-corrected chi connectivity index (χ0v) is 14.2. The molecule has 0 aliphatic rings. The maximum Gasteiger partial charge on any atom is 0.279 e. The first-order valence-corrected chi connectivity index (χ1v) is 8.19. The van der Waals surface area contributed by atoms with E-state index in [2.05, 4.69) is 8.75 Å². The molecule has 0 radical (unpaired) electrons. The SMILES string of the molecule is N#CC(Oc1nsnc(Cl)c1=O)c1cccc(Oc2ccccc2)c1. The average Bonchev–Trinajstić information content (AvgIpc) is 2.64. The Kier molecular flexibility index (Phi) is 5.23. The van der Waals surface area contributed by atoms with Gasteiger partial charge in [0.1, 0.15) is 17.6 Å². The van der Waals surface area contributed by atoms with Crippen molar-refractivity contribution in [3.63, 3.8) is 0 Å². The van der Waals surface area contributed by atoms with Crippen LogP contribution in [0.3, 0.4) is 0 Å². The fraction of sp³-hybridized carbons (Fsp3) is 0.0588. The van der Waals surface area contributed by atoms with Gasteiger partial charge in [0.2, 0.25) is 6.10 Å². The molecule has 3 aromatic rings. The highest BCUT2D eigenvalue weighted by Crippen LogP contribution is 2.26. The second kappa shape index (κ2) is 7.75. The Morgan fingerprint density at radius 3 is 2.60 bits per heavy atom. The second-order valence-electron chi connectivity index (χ2n) is 4.80. The van der Waals surface area contributed by atoms with Crippen molar-refractivity contribution in [1.29, 1.82) is 5.26 Å². The summed E-state index contributed by atoms with van der Waals surface area (Å²) in [7, 11) is 0. The fourth-order valence-corrected chi connectivity index (χ4v) is 2.55. The predicted molar refractivity (Wildman–Crippen MR) is 93.1 cm³/mol. The zero-order valence-electron chi connectivity index (χ0n) is 12.6. The van der Waals surface area contributed by atoms with E-state index in [0.717, 1.165) is 11.7 Å². The summed E-state index contributed by atoms with van der Waals surface area (Å²) < 4.78 is 18.5. The third-order valence-electron chi connectivity index (χ3n) is 3.11. The molecule has 8 heteroatoms. The fourth-order valence-electron chi connectivity index (χ4n) is 1.99. The number of rotatable bonds is 5. The molecule has 0 aliphatic heterocycles. The normalized spacial score (nSPS) is 11.4. The minimum Gasteiger partial charge on any atom is -0.457 e. The van der Waals surface area contributed by atoms with E-state index in [1.165, 1.54) is 0 Å². The molecule has 1 aromatic heterocycles. The Labute approximate surface area is 152 Å². The van der Waals surface area contributed by atoms with Gasteiger partial charge in [0.05, 0.1) is 11.7 Å². The molecule has 0 aliphatic carbocycles. The lowest BCUT2D eigenvalue weighted by Gasteiger charge is -2.12. The van der Waals surface area contributed by atoms with E-state index in [1.54, 1.807) is 24.3 Å². The van der Waals surface area contributed by atoms with Gasteiger partial charge in [-0.05, 0) is 24.3 Å². The Bertz CT molecular complexity index is 973. The van der Waals surface area contributed by atoms with Crippen molar-refractivity contribution >= 4 is 23.3 Å². The highest BCUT2D eigenvalue weighted by Gasteiger charge is 2.18. The third-order valence-corrected chi connectivity index (χ3v) is 3.98. The summed E-state index contributed by atoms with van der Waals surface area (Å²) in [6.45, 7) is 0. The largest absolute Gasteiger partial charge is 0.457 e. The lowest BCUT2D eigenvalue weighted by Crippen LogP contribution is -2.14. The molecule has 0 bridgehead atoms. The summed E-state index contributed by atoms with van der Waals surface area (Å²) in [6.07, 6.45) is -1.04. The highest BCUT2D eigenvalue weighted by molar-refractivity contribution is 6.99. The highest BCUT2D eigenvalue weighted by atomic mass is 35.5. The maximum absolute atomic E-state index is 11.9. The maximum atomic E-state index is 11.9. The van der Waals surface area contributed by atoms with Crippen LogP contribution in [-0.2, 0) is 0 Å². The molecule has 3 rings (SSSR count). The molecule has 1 atom stereocenters. The number of nitriles is 1. The molecule has 0 saturated carbocycles. The monoisotopic (exact) mass is 371 g/mol. The third kappa shape index (κ3) is 4.12. The van der Waals surface area contributed by atoms with Gasteiger partial charge in [0.15, 0.2) is 5.15 Å². The molecule has 0 amide bonds. The van der Waals surface area contributed by atoms with Crippen LogP contribution in [0.5, 0.6) is 17.4 Å². The van der Waals surface area contributed by atoms with Gasteiger partial charge in [-0.3, -0.25) is 4.79 Å². The topological polar surface area (TPSA) is 85.1 Å². The molecule has 1 heterocycles. The summed E-state index contributed by atoms with van der Waals surface area (Å²) in [6, 6.07) is 18.1. The Hall–Kier alpha value is -2.95. The summed E-state index contributed by atoms with van der Waals surface area (Å²) in [5, 5.41) is 9.15. The molecular weight excluding hydrogens is 362 g/mol. The predicted octanol–water partition coefficient (Wildman–Crippen LogP) is 3.99. The number of hydrogen-bond donors (Lipinski definition) is 0. The Morgan fingerprint density at radius 1 is 1.08 bits per heavy atom. The average molecular weight is 372 g/mol. The molecule has 0 spiro atoms. The van der Waals surface area contributed by atoms with Crippen molar-refractivity contribution in [3.05, 3.63) is 75.5 Å². The second-order valence-corrected chi connectivity index (χ2v) is 5.69. The van der Waals surface area contributed by atoms with Crippen molar-refractivity contribution < 1.29 is 9.47 Å². The van der Waals surface area contributed by atoms with Gasteiger partial charge in [-0.25, -0.2) is 0 Å². The number of benzene rings is 2. The molecule has 0 N–H and O–H groups in total. The van der Waals surface area contributed by atoms with E-state index in [0.29, 0.717) is 17.1 Å². The summed E-state index contributed by atoms with van der Waals surface area (Å²) in [5.74, 6) is 0.949. The van der Waals surface area contributed by atoms with Gasteiger partial charge in [-0.2, -0.15) is 9.64 Å². The Balaban J connectivity index is 1.84. The molecule has 0 fully saturated rings. The van der Waals surface area contributed by atoms with E-state index in [1.807, 2.05) is 36.4 Å². The minimum atomic E-state index is -1.04. The van der Waals surface area contributed by atoms with Crippen LogP contribution >= 0.6 is 23.3 Å². The Morgan fingerprint density at radius 2 is 1.84 bits per heavy atom. The number of hydrogen-bond acceptors (Lipinski definition) is 7. The number of aromatic nitrogens is 2. The first-order valence-electron chi connectivity index (χ1n) is 7.09. The van der Waals surface area contributed by atoms with Crippen molar-refractivity contribution in [2.75, 3.05) is 0 Å².